The van der Waals surface area contributed by atoms with Gasteiger partial charge in [-0.15, -0.1) is 0 Å². The van der Waals surface area contributed by atoms with Gasteiger partial charge in [-0.25, -0.2) is 0 Å². The van der Waals surface area contributed by atoms with Crippen LogP contribution in [0.4, 0.5) is 0 Å². The van der Waals surface area contributed by atoms with Crippen molar-refractivity contribution >= 4 is 23.4 Å². The number of carbonyl (C=O) groups excluding carboxylic acids is 4. The van der Waals surface area contributed by atoms with E-state index in [0.29, 0.717) is 310 Å². The molecule has 3 N–H and O–H groups in total. The molecule has 0 spiro atoms. The van der Waals surface area contributed by atoms with Gasteiger partial charge in [-0.3, -0.25) is 19.2 Å². The van der Waals surface area contributed by atoms with Gasteiger partial charge in [0.05, 0.1) is 303 Å². The highest BCUT2D eigenvalue weighted by molar-refractivity contribution is 5.91. The molecule has 97 heavy (non-hydrogen) atoms. The third kappa shape index (κ3) is 77.3. The molecule has 0 bridgehead atoms. The van der Waals surface area contributed by atoms with Gasteiger partial charge in [-0.1, -0.05) is 0 Å². The number of esters is 1. The van der Waals surface area contributed by atoms with Crippen LogP contribution < -0.4 is 11.1 Å². The fourth-order valence-electron chi connectivity index (χ4n) is 7.60. The van der Waals surface area contributed by atoms with Gasteiger partial charge in [0, 0.05) is 53.1 Å². The highest BCUT2D eigenvalue weighted by Crippen LogP contribution is 2.12. The summed E-state index contributed by atoms with van der Waals surface area (Å²) in [7, 11) is 3.27. The Kier molecular flexibility index (Phi) is 75.3. The minimum Gasteiger partial charge on any atom is -0.460 e. The minimum atomic E-state index is -1.06. The maximum atomic E-state index is 13.4. The van der Waals surface area contributed by atoms with E-state index in [9.17, 15) is 19.2 Å². The average molecular weight is 1410 g/mol. The number of nitrogens with two attached hydrogens (primary N) is 1. The van der Waals surface area contributed by atoms with Crippen LogP contribution in [-0.4, -0.2) is 359 Å². The Morgan fingerprint density at radius 2 is 0.505 bits per heavy atom. The first kappa shape index (κ1) is 94.3. The maximum absolute atomic E-state index is 13.4. The molecule has 0 saturated heterocycles. The lowest BCUT2D eigenvalue weighted by Crippen LogP contribution is -2.48. The van der Waals surface area contributed by atoms with Crippen molar-refractivity contribution in [1.82, 2.24) is 5.32 Å². The fraction of sp³-hybridized carbons (Fsp3) is 0.939. The van der Waals surface area contributed by atoms with E-state index in [1.807, 2.05) is 0 Å². The van der Waals surface area contributed by atoms with E-state index in [2.05, 4.69) is 5.32 Å². The van der Waals surface area contributed by atoms with Crippen molar-refractivity contribution < 1.29 is 138 Å². The smallest absolute Gasteiger partial charge is 0.306 e. The second kappa shape index (κ2) is 77.4. The molecule has 0 rings (SSSR count). The molecule has 0 aliphatic carbocycles. The summed E-state index contributed by atoms with van der Waals surface area (Å²) in [5.74, 6) is -1.40. The molecule has 0 radical (unpaired) electrons. The number of ketones is 2. The predicted octanol–water partition coefficient (Wildman–Crippen LogP) is 2.06. The molecular weight excluding hydrogens is 1280 g/mol. The number of nitrogens with one attached hydrogen (secondary N) is 1. The summed E-state index contributed by atoms with van der Waals surface area (Å²) in [6, 6.07) is -2.00. The quantitative estimate of drug-likeness (QED) is 0.0650. The van der Waals surface area contributed by atoms with Gasteiger partial charge in [0.2, 0.25) is 5.91 Å². The van der Waals surface area contributed by atoms with Crippen molar-refractivity contribution in [2.75, 3.05) is 318 Å². The summed E-state index contributed by atoms with van der Waals surface area (Å²) in [5.41, 5.74) is 5.44. The summed E-state index contributed by atoms with van der Waals surface area (Å²) in [6.45, 7) is 26.3. The number of ether oxygens (including phenoxy) is 25. The van der Waals surface area contributed by atoms with Crippen LogP contribution in [0.25, 0.3) is 0 Å². The largest absolute Gasteiger partial charge is 0.460 e. The number of rotatable bonds is 83. The lowest BCUT2D eigenvalue weighted by atomic mass is 9.99. The molecule has 0 heterocycles. The van der Waals surface area contributed by atoms with Gasteiger partial charge < -0.3 is 129 Å². The number of methoxy groups -OCH3 is 2. The Labute approximate surface area is 578 Å². The summed E-state index contributed by atoms with van der Waals surface area (Å²) < 4.78 is 136. The van der Waals surface area contributed by atoms with Crippen molar-refractivity contribution in [3.63, 3.8) is 0 Å². The molecule has 0 aromatic heterocycles. The van der Waals surface area contributed by atoms with Crippen LogP contribution >= 0.6 is 0 Å². The average Bonchev–Trinajstić information content (AvgIpc) is 1.60. The van der Waals surface area contributed by atoms with E-state index < -0.39 is 29.6 Å². The highest BCUT2D eigenvalue weighted by atomic mass is 16.6. The summed E-state index contributed by atoms with van der Waals surface area (Å²) >= 11 is 0. The van der Waals surface area contributed by atoms with Crippen molar-refractivity contribution in [1.29, 1.82) is 0 Å². The molecule has 0 saturated carbocycles. The standard InChI is InChI=1S/C66H128N2O29/c1-66(2,3)97-64(71)13-11-61(67)65(72)68-62(63(70)9-7-15-76-21-23-80-29-31-84-37-39-88-45-47-92-53-55-96-59-57-94-51-49-90-43-41-86-35-33-82-27-25-78-19-17-74-5)12-10-60(69)8-6-14-75-20-22-79-28-30-83-36-38-87-44-46-91-52-54-95-58-56-93-50-48-89-42-40-85-34-32-81-26-24-77-18-16-73-4/h61-62H,6-59,67H2,1-5H3,(H,68,72)/t61-,62-/m0/s1. The van der Waals surface area contributed by atoms with Gasteiger partial charge in [0.15, 0.2) is 5.78 Å². The second-order valence-electron chi connectivity index (χ2n) is 22.0. The first-order chi connectivity index (χ1) is 47.5. The second-order valence-corrected chi connectivity index (χ2v) is 22.0. The molecule has 31 nitrogen and oxygen atoms in total. The van der Waals surface area contributed by atoms with Crippen molar-refractivity contribution in [2.45, 2.75) is 89.8 Å². The van der Waals surface area contributed by atoms with Gasteiger partial charge in [-0.05, 0) is 46.5 Å². The van der Waals surface area contributed by atoms with Crippen molar-refractivity contribution in [2.24, 2.45) is 5.73 Å². The Balaban J connectivity index is 3.93. The Morgan fingerprint density at radius 1 is 0.289 bits per heavy atom. The monoisotopic (exact) mass is 1410 g/mol. The van der Waals surface area contributed by atoms with E-state index in [0.717, 1.165) is 0 Å². The van der Waals surface area contributed by atoms with Gasteiger partial charge in [-0.2, -0.15) is 0 Å². The van der Waals surface area contributed by atoms with Gasteiger partial charge in [0.25, 0.3) is 0 Å². The zero-order valence-corrected chi connectivity index (χ0v) is 59.8. The Morgan fingerprint density at radius 3 is 0.732 bits per heavy atom. The number of carbonyl (C=O) groups is 4. The Bertz CT molecular complexity index is 1660. The van der Waals surface area contributed by atoms with Crippen LogP contribution in [0.3, 0.4) is 0 Å². The normalized spacial score (nSPS) is 12.4. The van der Waals surface area contributed by atoms with Crippen molar-refractivity contribution in [3.05, 3.63) is 0 Å². The number of amides is 1. The SMILES string of the molecule is COCCOCCOCCOCCOCCOCCOCCOCCOCCOCCOCCOCCCC(=O)CC[C@H](NC(=O)[C@@H](N)CCC(=O)OC(C)(C)C)C(=O)CCCOCCOCCOCCOCCOCCOCCOCCOCCOCCOCCOCCOC. The molecule has 0 aromatic rings. The number of hydrogen-bond donors (Lipinski definition) is 2. The van der Waals surface area contributed by atoms with E-state index in [1.54, 1.807) is 35.0 Å². The summed E-state index contributed by atoms with van der Waals surface area (Å²) in [6.07, 6.45) is 1.36. The van der Waals surface area contributed by atoms with Crippen LogP contribution in [-0.2, 0) is 138 Å². The highest BCUT2D eigenvalue weighted by Gasteiger charge is 2.26. The molecule has 0 fully saturated rings. The molecule has 0 aromatic carbocycles. The van der Waals surface area contributed by atoms with Crippen LogP contribution in [0.2, 0.25) is 0 Å². The third-order valence-corrected chi connectivity index (χ3v) is 12.6. The van der Waals surface area contributed by atoms with Crippen molar-refractivity contribution in [3.8, 4) is 0 Å². The van der Waals surface area contributed by atoms with E-state index >= 15 is 0 Å². The zero-order chi connectivity index (χ0) is 70.5. The molecule has 31 heteroatoms. The molecule has 576 valence electrons. The predicted molar refractivity (Wildman–Crippen MR) is 354 cm³/mol. The third-order valence-electron chi connectivity index (χ3n) is 12.6. The fourth-order valence-corrected chi connectivity index (χ4v) is 7.60. The molecule has 0 unspecified atom stereocenters. The van der Waals surface area contributed by atoms with Gasteiger partial charge in [0.1, 0.15) is 11.4 Å². The molecular formula is C66H128N2O29. The van der Waals surface area contributed by atoms with Crippen LogP contribution in [0.15, 0.2) is 0 Å². The molecule has 1 amide bonds. The first-order valence-corrected chi connectivity index (χ1v) is 34.5. The van der Waals surface area contributed by atoms with E-state index in [-0.39, 0.29) is 56.7 Å². The van der Waals surface area contributed by atoms with Crippen LogP contribution in [0.1, 0.15) is 72.1 Å². The lowest BCUT2D eigenvalue weighted by Gasteiger charge is -2.21. The van der Waals surface area contributed by atoms with Crippen LogP contribution in [0.5, 0.6) is 0 Å². The number of Topliss-reactive ketones (excluding diaryl/α,β-unsaturated/α-hetero) is 2. The first-order valence-electron chi connectivity index (χ1n) is 34.5. The molecule has 0 aliphatic rings. The van der Waals surface area contributed by atoms with E-state index in [1.165, 1.54) is 0 Å². The summed E-state index contributed by atoms with van der Waals surface area (Å²) in [5, 5.41) is 2.72. The summed E-state index contributed by atoms with van der Waals surface area (Å²) in [4.78, 5) is 51.7. The topological polar surface area (TPSA) is 337 Å². The lowest BCUT2D eigenvalue weighted by molar-refractivity contribution is -0.155. The minimum absolute atomic E-state index is 0.0276. The van der Waals surface area contributed by atoms with E-state index in [4.69, 9.17) is 124 Å². The maximum Gasteiger partial charge on any atom is 0.306 e. The zero-order valence-electron chi connectivity index (χ0n) is 59.8. The molecule has 2 atom stereocenters. The van der Waals surface area contributed by atoms with Crippen LogP contribution in [0, 0.1) is 0 Å². The Hall–Kier alpha value is -2.72. The molecule has 0 aliphatic heterocycles. The van der Waals surface area contributed by atoms with Gasteiger partial charge >= 0.3 is 5.97 Å². The number of hydrogen-bond acceptors (Lipinski definition) is 30.